The van der Waals surface area contributed by atoms with E-state index in [1.807, 2.05) is 6.07 Å². The van der Waals surface area contributed by atoms with Crippen molar-refractivity contribution in [2.24, 2.45) is 5.92 Å². The first-order valence-electron chi connectivity index (χ1n) is 5.50. The molecule has 2 atom stereocenters. The number of hydrogen-bond donors (Lipinski definition) is 1. The lowest BCUT2D eigenvalue weighted by molar-refractivity contribution is 0.134. The molecule has 1 aliphatic carbocycles. The lowest BCUT2D eigenvalue weighted by atomic mass is 9.93. The maximum Gasteiger partial charge on any atom is 0.0574 e. The molecule has 1 aliphatic rings. The number of aliphatic hydroxyl groups excluding tert-OH is 1. The molecule has 1 heteroatoms. The van der Waals surface area contributed by atoms with Crippen molar-refractivity contribution in [2.75, 3.05) is 0 Å². The van der Waals surface area contributed by atoms with Crippen molar-refractivity contribution in [1.82, 2.24) is 0 Å². The number of rotatable bonds is 4. The maximum absolute atomic E-state index is 9.82. The lowest BCUT2D eigenvalue weighted by Crippen LogP contribution is -2.12. The van der Waals surface area contributed by atoms with Gasteiger partial charge in [-0.15, -0.1) is 0 Å². The lowest BCUT2D eigenvalue weighted by Gasteiger charge is -2.16. The maximum atomic E-state index is 9.82. The van der Waals surface area contributed by atoms with E-state index in [4.69, 9.17) is 0 Å². The summed E-state index contributed by atoms with van der Waals surface area (Å²) in [5.41, 5.74) is 1.34. The summed E-state index contributed by atoms with van der Waals surface area (Å²) in [6.45, 7) is 2.20. The molecule has 1 aromatic rings. The van der Waals surface area contributed by atoms with E-state index < -0.39 is 0 Å². The van der Waals surface area contributed by atoms with E-state index in [0.29, 0.717) is 11.8 Å². The van der Waals surface area contributed by atoms with Crippen LogP contribution in [0.3, 0.4) is 0 Å². The zero-order chi connectivity index (χ0) is 9.97. The highest BCUT2D eigenvalue weighted by atomic mass is 16.3. The molecule has 0 saturated heterocycles. The van der Waals surface area contributed by atoms with Crippen molar-refractivity contribution < 1.29 is 5.11 Å². The zero-order valence-corrected chi connectivity index (χ0v) is 8.69. The van der Waals surface area contributed by atoms with Gasteiger partial charge in [0.15, 0.2) is 0 Å². The molecule has 0 radical (unpaired) electrons. The molecule has 1 fully saturated rings. The summed E-state index contributed by atoms with van der Waals surface area (Å²) in [5.74, 6) is 1.08. The molecule has 1 N–H and O–H groups in total. The summed E-state index contributed by atoms with van der Waals surface area (Å²) >= 11 is 0. The van der Waals surface area contributed by atoms with Crippen molar-refractivity contribution in [2.45, 2.75) is 38.2 Å². The summed E-state index contributed by atoms with van der Waals surface area (Å²) in [7, 11) is 0. The third kappa shape index (κ3) is 2.36. The highest BCUT2D eigenvalue weighted by Gasteiger charge is 2.30. The molecule has 1 saturated carbocycles. The second kappa shape index (κ2) is 4.14. The Morgan fingerprint density at radius 2 is 1.93 bits per heavy atom. The third-order valence-electron chi connectivity index (χ3n) is 3.13. The minimum atomic E-state index is -0.0785. The summed E-state index contributed by atoms with van der Waals surface area (Å²) < 4.78 is 0. The van der Waals surface area contributed by atoms with Crippen LogP contribution in [0.4, 0.5) is 0 Å². The first-order valence-corrected chi connectivity index (χ1v) is 5.50. The normalized spacial score (nSPS) is 20.4. The number of benzene rings is 1. The van der Waals surface area contributed by atoms with Gasteiger partial charge in [0.05, 0.1) is 6.10 Å². The third-order valence-corrected chi connectivity index (χ3v) is 3.13. The van der Waals surface area contributed by atoms with Gasteiger partial charge in [-0.3, -0.25) is 0 Å². The number of hydrogen-bond acceptors (Lipinski definition) is 1. The highest BCUT2D eigenvalue weighted by Crippen LogP contribution is 2.36. The van der Waals surface area contributed by atoms with E-state index in [-0.39, 0.29) is 6.10 Å². The van der Waals surface area contributed by atoms with Gasteiger partial charge >= 0.3 is 0 Å². The van der Waals surface area contributed by atoms with Crippen LogP contribution in [0.5, 0.6) is 0 Å². The average Bonchev–Trinajstić information content (AvgIpc) is 3.02. The van der Waals surface area contributed by atoms with Crippen LogP contribution >= 0.6 is 0 Å². The van der Waals surface area contributed by atoms with Crippen LogP contribution in [-0.2, 0) is 0 Å². The molecule has 0 bridgehead atoms. The Morgan fingerprint density at radius 1 is 1.29 bits per heavy atom. The molecular weight excluding hydrogens is 172 g/mol. The SMILES string of the molecule is CC(CC(O)C1CC1)c1ccccc1. The topological polar surface area (TPSA) is 20.2 Å². The molecule has 76 valence electrons. The Hall–Kier alpha value is -0.820. The summed E-state index contributed by atoms with van der Waals surface area (Å²) in [4.78, 5) is 0. The Morgan fingerprint density at radius 3 is 2.50 bits per heavy atom. The largest absolute Gasteiger partial charge is 0.393 e. The predicted molar refractivity (Wildman–Crippen MR) is 58.2 cm³/mol. The summed E-state index contributed by atoms with van der Waals surface area (Å²) in [6, 6.07) is 10.5. The van der Waals surface area contributed by atoms with Gasteiger partial charge in [0, 0.05) is 0 Å². The van der Waals surface area contributed by atoms with Gasteiger partial charge in [0.1, 0.15) is 0 Å². The average molecular weight is 190 g/mol. The monoisotopic (exact) mass is 190 g/mol. The van der Waals surface area contributed by atoms with Gasteiger partial charge in [0.25, 0.3) is 0 Å². The minimum Gasteiger partial charge on any atom is -0.393 e. The van der Waals surface area contributed by atoms with Crippen molar-refractivity contribution in [3.63, 3.8) is 0 Å². The summed E-state index contributed by atoms with van der Waals surface area (Å²) in [5, 5.41) is 9.82. The second-order valence-electron chi connectivity index (χ2n) is 4.45. The van der Waals surface area contributed by atoms with E-state index >= 15 is 0 Å². The van der Waals surface area contributed by atoms with E-state index in [9.17, 15) is 5.11 Å². The molecule has 0 amide bonds. The van der Waals surface area contributed by atoms with Gasteiger partial charge in [-0.25, -0.2) is 0 Å². The molecule has 1 aromatic carbocycles. The van der Waals surface area contributed by atoms with Crippen LogP contribution in [0.25, 0.3) is 0 Å². The van der Waals surface area contributed by atoms with Gasteiger partial charge in [-0.1, -0.05) is 37.3 Å². The first kappa shape index (κ1) is 9.72. The van der Waals surface area contributed by atoms with Crippen LogP contribution in [0.2, 0.25) is 0 Å². The Balaban J connectivity index is 1.91. The molecule has 0 aliphatic heterocycles. The molecule has 1 nitrogen and oxygen atoms in total. The van der Waals surface area contributed by atoms with Crippen LogP contribution in [0.1, 0.15) is 37.7 Å². The fourth-order valence-electron chi connectivity index (χ4n) is 1.95. The predicted octanol–water partition coefficient (Wildman–Crippen LogP) is 2.95. The standard InChI is InChI=1S/C13H18O/c1-10(9-13(14)12-7-8-12)11-5-3-2-4-6-11/h2-6,10,12-14H,7-9H2,1H3. The van der Waals surface area contributed by atoms with Crippen molar-refractivity contribution in [3.05, 3.63) is 35.9 Å². The van der Waals surface area contributed by atoms with E-state index in [1.54, 1.807) is 0 Å². The first-order chi connectivity index (χ1) is 6.77. The van der Waals surface area contributed by atoms with Crippen LogP contribution in [0, 0.1) is 5.92 Å². The van der Waals surface area contributed by atoms with Crippen molar-refractivity contribution >= 4 is 0 Å². The molecule has 2 unspecified atom stereocenters. The van der Waals surface area contributed by atoms with Crippen molar-refractivity contribution in [3.8, 4) is 0 Å². The molecule has 0 spiro atoms. The Labute approximate surface area is 85.8 Å². The summed E-state index contributed by atoms with van der Waals surface area (Å²) in [6.07, 6.45) is 3.28. The van der Waals surface area contributed by atoms with Crippen LogP contribution in [0.15, 0.2) is 30.3 Å². The highest BCUT2D eigenvalue weighted by molar-refractivity contribution is 5.18. The van der Waals surface area contributed by atoms with Gasteiger partial charge in [-0.2, -0.15) is 0 Å². The van der Waals surface area contributed by atoms with Gasteiger partial charge < -0.3 is 5.11 Å². The fraction of sp³-hybridized carbons (Fsp3) is 0.538. The van der Waals surface area contributed by atoms with Gasteiger partial charge in [-0.05, 0) is 36.7 Å². The number of aliphatic hydroxyl groups is 1. The van der Waals surface area contributed by atoms with E-state index in [2.05, 4.69) is 31.2 Å². The molecule has 0 heterocycles. The second-order valence-corrected chi connectivity index (χ2v) is 4.45. The van der Waals surface area contributed by atoms with Crippen LogP contribution < -0.4 is 0 Å². The van der Waals surface area contributed by atoms with Gasteiger partial charge in [0.2, 0.25) is 0 Å². The Bertz CT molecular complexity index is 277. The van der Waals surface area contributed by atoms with E-state index in [0.717, 1.165) is 6.42 Å². The Kier molecular flexibility index (Phi) is 2.87. The minimum absolute atomic E-state index is 0.0785. The smallest absolute Gasteiger partial charge is 0.0574 e. The molecule has 0 aromatic heterocycles. The quantitative estimate of drug-likeness (QED) is 0.774. The zero-order valence-electron chi connectivity index (χ0n) is 8.69. The molecular formula is C13H18O. The van der Waals surface area contributed by atoms with Crippen molar-refractivity contribution in [1.29, 1.82) is 0 Å². The van der Waals surface area contributed by atoms with E-state index in [1.165, 1.54) is 18.4 Å². The van der Waals surface area contributed by atoms with Crippen LogP contribution in [-0.4, -0.2) is 11.2 Å². The molecule has 14 heavy (non-hydrogen) atoms. The molecule has 2 rings (SSSR count). The fourth-order valence-corrected chi connectivity index (χ4v) is 1.95.